The Labute approximate surface area is 165 Å². The zero-order valence-corrected chi connectivity index (χ0v) is 17.2. The predicted molar refractivity (Wildman–Crippen MR) is 98.3 cm³/mol. The van der Waals surface area contributed by atoms with E-state index in [0.29, 0.717) is 13.2 Å². The van der Waals surface area contributed by atoms with Crippen LogP contribution in [0, 0.1) is 17.8 Å². The second kappa shape index (κ2) is 11.7. The zero-order valence-electron chi connectivity index (χ0n) is 17.2. The maximum Gasteiger partial charge on any atom is 0.302 e. The van der Waals surface area contributed by atoms with Gasteiger partial charge in [-0.05, 0) is 0 Å². The molecule has 2 rings (SSSR count). The Morgan fingerprint density at radius 3 is 1.68 bits per heavy atom. The molecule has 2 heterocycles. The molecular formula is C19H34O9. The van der Waals surface area contributed by atoms with E-state index in [1.54, 1.807) is 6.92 Å². The lowest BCUT2D eigenvalue weighted by Gasteiger charge is -2.22. The molecule has 28 heavy (non-hydrogen) atoms. The van der Waals surface area contributed by atoms with E-state index in [1.807, 2.05) is 13.8 Å². The van der Waals surface area contributed by atoms with E-state index in [2.05, 4.69) is 0 Å². The summed E-state index contributed by atoms with van der Waals surface area (Å²) in [6.45, 7) is 9.50. The third-order valence-corrected chi connectivity index (χ3v) is 5.00. The molecule has 2 fully saturated rings. The molecule has 9 nitrogen and oxygen atoms in total. The van der Waals surface area contributed by atoms with Crippen molar-refractivity contribution in [2.45, 2.75) is 65.1 Å². The first kappa shape index (κ1) is 24.8. The predicted octanol–water partition coefficient (Wildman–Crippen LogP) is -0.112. The fraction of sp³-hybridized carbons (Fsp3) is 0.895. The van der Waals surface area contributed by atoms with Gasteiger partial charge in [0.05, 0.1) is 44.7 Å². The van der Waals surface area contributed by atoms with E-state index in [1.165, 1.54) is 13.8 Å². The third-order valence-electron chi connectivity index (χ3n) is 5.00. The molecule has 0 bridgehead atoms. The molecule has 8 atom stereocenters. The van der Waals surface area contributed by atoms with E-state index in [4.69, 9.17) is 18.9 Å². The van der Waals surface area contributed by atoms with Gasteiger partial charge in [-0.1, -0.05) is 20.8 Å². The molecule has 0 aromatic heterocycles. The van der Waals surface area contributed by atoms with Gasteiger partial charge < -0.3 is 34.3 Å². The molecule has 0 aromatic carbocycles. The van der Waals surface area contributed by atoms with Crippen LogP contribution in [0.2, 0.25) is 0 Å². The van der Waals surface area contributed by atoms with Gasteiger partial charge in [-0.2, -0.15) is 0 Å². The highest BCUT2D eigenvalue weighted by molar-refractivity contribution is 5.66. The van der Waals surface area contributed by atoms with E-state index in [9.17, 15) is 24.9 Å². The number of ether oxygens (including phenoxy) is 4. The number of esters is 2. The molecule has 3 N–H and O–H groups in total. The minimum Gasteiger partial charge on any atom is -0.465 e. The molecule has 2 saturated heterocycles. The minimum absolute atomic E-state index is 0.00986. The highest BCUT2D eigenvalue weighted by Crippen LogP contribution is 2.27. The Hall–Kier alpha value is -1.26. The van der Waals surface area contributed by atoms with E-state index in [0.717, 1.165) is 0 Å². The Bertz CT molecular complexity index is 454. The van der Waals surface area contributed by atoms with Crippen molar-refractivity contribution < 1.29 is 43.9 Å². The Balaban J connectivity index is 0.000000280. The Morgan fingerprint density at radius 2 is 1.32 bits per heavy atom. The Morgan fingerprint density at radius 1 is 0.893 bits per heavy atom. The fourth-order valence-electron chi connectivity index (χ4n) is 3.23. The third kappa shape index (κ3) is 7.63. The van der Waals surface area contributed by atoms with E-state index >= 15 is 0 Å². The van der Waals surface area contributed by atoms with Crippen LogP contribution in [0.25, 0.3) is 0 Å². The minimum atomic E-state index is -0.888. The molecule has 0 aliphatic carbocycles. The van der Waals surface area contributed by atoms with Crippen LogP contribution in [-0.4, -0.2) is 84.2 Å². The molecule has 164 valence electrons. The molecule has 9 heteroatoms. The van der Waals surface area contributed by atoms with E-state index in [-0.39, 0.29) is 55.1 Å². The molecule has 0 saturated carbocycles. The van der Waals surface area contributed by atoms with Crippen molar-refractivity contribution in [1.29, 1.82) is 0 Å². The molecule has 0 aromatic rings. The summed E-state index contributed by atoms with van der Waals surface area (Å²) in [5.41, 5.74) is 0. The van der Waals surface area contributed by atoms with Crippen LogP contribution in [0.15, 0.2) is 0 Å². The normalized spacial score (nSPS) is 34.1. The van der Waals surface area contributed by atoms with Crippen molar-refractivity contribution in [2.24, 2.45) is 17.8 Å². The number of aliphatic hydroxyl groups excluding tert-OH is 3. The summed E-state index contributed by atoms with van der Waals surface area (Å²) in [7, 11) is 0. The van der Waals surface area contributed by atoms with Crippen molar-refractivity contribution in [2.75, 3.05) is 26.4 Å². The highest BCUT2D eigenvalue weighted by atomic mass is 16.6. The molecule has 2 aliphatic heterocycles. The van der Waals surface area contributed by atoms with Crippen molar-refractivity contribution in [3.05, 3.63) is 0 Å². The molecule has 0 radical (unpaired) electrons. The lowest BCUT2D eigenvalue weighted by atomic mass is 9.92. The van der Waals surface area contributed by atoms with Gasteiger partial charge in [-0.3, -0.25) is 9.59 Å². The second-order valence-corrected chi connectivity index (χ2v) is 7.64. The van der Waals surface area contributed by atoms with Gasteiger partial charge >= 0.3 is 11.9 Å². The van der Waals surface area contributed by atoms with Crippen LogP contribution in [0.1, 0.15) is 34.6 Å². The van der Waals surface area contributed by atoms with Crippen LogP contribution < -0.4 is 0 Å². The summed E-state index contributed by atoms with van der Waals surface area (Å²) in [4.78, 5) is 21.1. The van der Waals surface area contributed by atoms with E-state index < -0.39 is 18.3 Å². The zero-order chi connectivity index (χ0) is 21.4. The van der Waals surface area contributed by atoms with Crippen molar-refractivity contribution in [1.82, 2.24) is 0 Å². The smallest absolute Gasteiger partial charge is 0.302 e. The quantitative estimate of drug-likeness (QED) is 0.517. The van der Waals surface area contributed by atoms with Crippen molar-refractivity contribution >= 4 is 11.9 Å². The van der Waals surface area contributed by atoms with Crippen LogP contribution in [0.3, 0.4) is 0 Å². The molecule has 0 amide bonds. The first-order valence-corrected chi connectivity index (χ1v) is 9.58. The van der Waals surface area contributed by atoms with Gasteiger partial charge in [0.1, 0.15) is 12.2 Å². The van der Waals surface area contributed by atoms with Gasteiger partial charge in [0.2, 0.25) is 0 Å². The fourth-order valence-corrected chi connectivity index (χ4v) is 3.23. The SMILES string of the molecule is CC(=O)OCC(C)C1OCC(O)C1O.CC(=O)OCC(C)C1OCC(O)[C@@H]1C. The highest BCUT2D eigenvalue weighted by Gasteiger charge is 2.38. The number of carbonyl (C=O) groups excluding carboxylic acids is 2. The van der Waals surface area contributed by atoms with Gasteiger partial charge in [-0.25, -0.2) is 0 Å². The molecule has 0 spiro atoms. The Kier molecular flexibility index (Phi) is 10.3. The second-order valence-electron chi connectivity index (χ2n) is 7.64. The first-order chi connectivity index (χ1) is 13.0. The number of rotatable bonds is 6. The topological polar surface area (TPSA) is 132 Å². The molecular weight excluding hydrogens is 372 g/mol. The lowest BCUT2D eigenvalue weighted by Crippen LogP contribution is -2.36. The molecule has 7 unspecified atom stereocenters. The van der Waals surface area contributed by atoms with Gasteiger partial charge in [0, 0.05) is 31.6 Å². The van der Waals surface area contributed by atoms with Crippen molar-refractivity contribution in [3.63, 3.8) is 0 Å². The van der Waals surface area contributed by atoms with Crippen LogP contribution >= 0.6 is 0 Å². The number of aliphatic hydroxyl groups is 3. The maximum atomic E-state index is 10.6. The lowest BCUT2D eigenvalue weighted by molar-refractivity contribution is -0.144. The maximum absolute atomic E-state index is 10.6. The van der Waals surface area contributed by atoms with Gasteiger partial charge in [-0.15, -0.1) is 0 Å². The van der Waals surface area contributed by atoms with Crippen LogP contribution in [0.4, 0.5) is 0 Å². The summed E-state index contributed by atoms with van der Waals surface area (Å²) in [6, 6.07) is 0. The summed E-state index contributed by atoms with van der Waals surface area (Å²) in [5, 5.41) is 28.2. The summed E-state index contributed by atoms with van der Waals surface area (Å²) >= 11 is 0. The van der Waals surface area contributed by atoms with Gasteiger partial charge in [0.25, 0.3) is 0 Å². The summed E-state index contributed by atoms with van der Waals surface area (Å²) in [5.74, 6) is -0.509. The largest absolute Gasteiger partial charge is 0.465 e. The van der Waals surface area contributed by atoms with Crippen LogP contribution in [-0.2, 0) is 28.5 Å². The number of hydrogen-bond donors (Lipinski definition) is 3. The average molecular weight is 406 g/mol. The first-order valence-electron chi connectivity index (χ1n) is 9.58. The molecule has 2 aliphatic rings. The number of hydrogen-bond acceptors (Lipinski definition) is 9. The monoisotopic (exact) mass is 406 g/mol. The van der Waals surface area contributed by atoms with Gasteiger partial charge in [0.15, 0.2) is 0 Å². The van der Waals surface area contributed by atoms with Crippen LogP contribution in [0.5, 0.6) is 0 Å². The summed E-state index contributed by atoms with van der Waals surface area (Å²) < 4.78 is 20.3. The summed E-state index contributed by atoms with van der Waals surface area (Å²) in [6.07, 6.45) is -2.58. The van der Waals surface area contributed by atoms with Crippen molar-refractivity contribution in [3.8, 4) is 0 Å². The number of carbonyl (C=O) groups is 2. The average Bonchev–Trinajstić information content (AvgIpc) is 3.14. The standard InChI is InChI=1S/C10H18O4.C9H16O5/c1-6(4-13-8(3)11)10-7(2)9(12)5-14-10;1-5(3-13-6(2)10)9-8(12)7(11)4-14-9/h6-7,9-10,12H,4-5H2,1-3H3;5,7-9,11-12H,3-4H2,1-2H3/t6?,7-,9?,10?;/m0./s1.